The normalized spacial score (nSPS) is 18.0. The van der Waals surface area contributed by atoms with Crippen molar-refractivity contribution in [3.63, 3.8) is 0 Å². The summed E-state index contributed by atoms with van der Waals surface area (Å²) in [6.45, 7) is 5.50. The van der Waals surface area contributed by atoms with Crippen LogP contribution in [0.25, 0.3) is 0 Å². The van der Waals surface area contributed by atoms with Crippen molar-refractivity contribution >= 4 is 28.7 Å². The van der Waals surface area contributed by atoms with Gasteiger partial charge in [0.05, 0.1) is 6.04 Å². The standard InChI is InChI=1S/C16H23N3O2S/c1-16(2,3)21-15(20)19-14(22-4)18-13-8-6-10-5-7-11(17)9-12(10)13/h5,7,9,13H,6,8,17H2,1-4H3,(H,18,19,20). The first kappa shape index (κ1) is 16.7. The average Bonchev–Trinajstić information content (AvgIpc) is 2.78. The first-order valence-electron chi connectivity index (χ1n) is 7.28. The number of anilines is 1. The van der Waals surface area contributed by atoms with Crippen molar-refractivity contribution in [1.82, 2.24) is 5.32 Å². The van der Waals surface area contributed by atoms with Gasteiger partial charge in [0.2, 0.25) is 0 Å². The molecule has 120 valence electrons. The second-order valence-corrected chi connectivity index (χ2v) is 7.07. The number of nitrogens with two attached hydrogens (primary N) is 1. The van der Waals surface area contributed by atoms with Gasteiger partial charge in [-0.15, -0.1) is 0 Å². The topological polar surface area (TPSA) is 76.7 Å². The fraction of sp³-hybridized carbons (Fsp3) is 0.500. The summed E-state index contributed by atoms with van der Waals surface area (Å²) in [4.78, 5) is 16.5. The smallest absolute Gasteiger partial charge is 0.413 e. The maximum atomic E-state index is 11.9. The summed E-state index contributed by atoms with van der Waals surface area (Å²) in [5, 5.41) is 3.28. The fourth-order valence-corrected chi connectivity index (χ4v) is 2.82. The highest BCUT2D eigenvalue weighted by molar-refractivity contribution is 8.13. The summed E-state index contributed by atoms with van der Waals surface area (Å²) < 4.78 is 5.26. The number of carbonyl (C=O) groups is 1. The molecule has 1 aromatic carbocycles. The van der Waals surface area contributed by atoms with E-state index >= 15 is 0 Å². The van der Waals surface area contributed by atoms with E-state index in [0.29, 0.717) is 5.17 Å². The van der Waals surface area contributed by atoms with Gasteiger partial charge in [0.25, 0.3) is 0 Å². The first-order valence-corrected chi connectivity index (χ1v) is 8.51. The number of aliphatic imine (C=N–C) groups is 1. The Bertz CT molecular complexity index is 594. The molecule has 1 unspecified atom stereocenters. The lowest BCUT2D eigenvalue weighted by molar-refractivity contribution is 0.0564. The number of fused-ring (bicyclic) bond motifs is 1. The number of amides is 1. The molecule has 1 amide bonds. The summed E-state index contributed by atoms with van der Waals surface area (Å²) in [6, 6.07) is 5.98. The number of alkyl carbamates (subject to hydrolysis) is 1. The minimum atomic E-state index is -0.526. The molecule has 1 aliphatic rings. The molecule has 22 heavy (non-hydrogen) atoms. The van der Waals surface area contributed by atoms with Crippen LogP contribution in [0.2, 0.25) is 0 Å². The van der Waals surface area contributed by atoms with Gasteiger partial charge in [-0.1, -0.05) is 17.8 Å². The summed E-state index contributed by atoms with van der Waals surface area (Å²) in [5.74, 6) is 0. The first-order chi connectivity index (χ1) is 10.3. The van der Waals surface area contributed by atoms with E-state index in [-0.39, 0.29) is 6.04 Å². The van der Waals surface area contributed by atoms with E-state index in [0.717, 1.165) is 24.1 Å². The van der Waals surface area contributed by atoms with Gasteiger partial charge in [-0.3, -0.25) is 10.3 Å². The van der Waals surface area contributed by atoms with Crippen LogP contribution in [0, 0.1) is 0 Å². The average molecular weight is 321 g/mol. The molecule has 1 aliphatic carbocycles. The van der Waals surface area contributed by atoms with Crippen LogP contribution < -0.4 is 11.1 Å². The number of nitrogen functional groups attached to an aromatic ring is 1. The van der Waals surface area contributed by atoms with E-state index in [1.165, 1.54) is 17.3 Å². The van der Waals surface area contributed by atoms with Crippen molar-refractivity contribution in [3.8, 4) is 0 Å². The molecule has 0 saturated carbocycles. The van der Waals surface area contributed by atoms with Crippen molar-refractivity contribution in [3.05, 3.63) is 29.3 Å². The molecular formula is C16H23N3O2S. The van der Waals surface area contributed by atoms with Crippen molar-refractivity contribution in [2.24, 2.45) is 4.99 Å². The van der Waals surface area contributed by atoms with Gasteiger partial charge >= 0.3 is 6.09 Å². The molecule has 3 N–H and O–H groups in total. The van der Waals surface area contributed by atoms with E-state index in [1.807, 2.05) is 39.2 Å². The highest BCUT2D eigenvalue weighted by atomic mass is 32.2. The van der Waals surface area contributed by atoms with Gasteiger partial charge in [-0.25, -0.2) is 4.79 Å². The zero-order valence-corrected chi connectivity index (χ0v) is 14.3. The Morgan fingerprint density at radius 1 is 1.45 bits per heavy atom. The number of carbonyl (C=O) groups excluding carboxylic acids is 1. The molecule has 0 aromatic heterocycles. The van der Waals surface area contributed by atoms with Crippen molar-refractivity contribution < 1.29 is 9.53 Å². The van der Waals surface area contributed by atoms with Crippen LogP contribution in [0.4, 0.5) is 10.5 Å². The van der Waals surface area contributed by atoms with Crippen LogP contribution in [0.1, 0.15) is 44.4 Å². The number of ether oxygens (including phenoxy) is 1. The number of nitrogens with zero attached hydrogens (tertiary/aromatic N) is 1. The lowest BCUT2D eigenvalue weighted by Gasteiger charge is -2.20. The Morgan fingerprint density at radius 2 is 2.18 bits per heavy atom. The Hall–Kier alpha value is -1.69. The number of hydrogen-bond donors (Lipinski definition) is 2. The monoisotopic (exact) mass is 321 g/mol. The molecule has 0 aliphatic heterocycles. The third-order valence-corrected chi connectivity index (χ3v) is 3.88. The molecule has 0 heterocycles. The second-order valence-electron chi connectivity index (χ2n) is 6.28. The number of nitrogens with one attached hydrogen (secondary N) is 1. The van der Waals surface area contributed by atoms with Crippen LogP contribution in [-0.2, 0) is 11.2 Å². The molecule has 0 saturated heterocycles. The zero-order chi connectivity index (χ0) is 16.3. The van der Waals surface area contributed by atoms with Gasteiger partial charge in [0.15, 0.2) is 5.17 Å². The minimum Gasteiger partial charge on any atom is -0.444 e. The molecular weight excluding hydrogens is 298 g/mol. The second kappa shape index (κ2) is 6.60. The van der Waals surface area contributed by atoms with Gasteiger partial charge in [0, 0.05) is 5.69 Å². The van der Waals surface area contributed by atoms with Gasteiger partial charge in [-0.2, -0.15) is 0 Å². The molecule has 2 rings (SSSR count). The Labute approximate surface area is 135 Å². The van der Waals surface area contributed by atoms with Crippen molar-refractivity contribution in [2.45, 2.75) is 45.3 Å². The summed E-state index contributed by atoms with van der Waals surface area (Å²) in [6.07, 6.45) is 3.31. The predicted octanol–water partition coefficient (Wildman–Crippen LogP) is 3.50. The molecule has 1 atom stereocenters. The largest absolute Gasteiger partial charge is 0.444 e. The Kier molecular flexibility index (Phi) is 5.01. The molecule has 5 nitrogen and oxygen atoms in total. The van der Waals surface area contributed by atoms with E-state index in [4.69, 9.17) is 10.5 Å². The maximum absolute atomic E-state index is 11.9. The van der Waals surface area contributed by atoms with E-state index in [1.54, 1.807) is 0 Å². The summed E-state index contributed by atoms with van der Waals surface area (Å²) in [5.41, 5.74) is 8.51. The maximum Gasteiger partial charge on any atom is 0.413 e. The highest BCUT2D eigenvalue weighted by Crippen LogP contribution is 2.35. The molecule has 0 bridgehead atoms. The molecule has 0 spiro atoms. The third-order valence-electron chi connectivity index (χ3n) is 3.29. The molecule has 0 fully saturated rings. The van der Waals surface area contributed by atoms with Crippen molar-refractivity contribution in [1.29, 1.82) is 0 Å². The number of aryl methyl sites for hydroxylation is 1. The van der Waals surface area contributed by atoms with Crippen LogP contribution in [-0.4, -0.2) is 23.1 Å². The fourth-order valence-electron chi connectivity index (χ4n) is 2.40. The quantitative estimate of drug-likeness (QED) is 0.471. The third kappa shape index (κ3) is 4.40. The lowest BCUT2D eigenvalue weighted by Crippen LogP contribution is -2.35. The molecule has 0 radical (unpaired) electrons. The Morgan fingerprint density at radius 3 is 2.82 bits per heavy atom. The van der Waals surface area contributed by atoms with Crippen LogP contribution >= 0.6 is 11.8 Å². The molecule has 6 heteroatoms. The number of amidine groups is 1. The van der Waals surface area contributed by atoms with Gasteiger partial charge in [0.1, 0.15) is 5.60 Å². The number of hydrogen-bond acceptors (Lipinski definition) is 5. The van der Waals surface area contributed by atoms with E-state index in [9.17, 15) is 4.79 Å². The Balaban J connectivity index is 2.11. The zero-order valence-electron chi connectivity index (χ0n) is 13.5. The lowest BCUT2D eigenvalue weighted by atomic mass is 10.1. The van der Waals surface area contributed by atoms with Crippen molar-refractivity contribution in [2.75, 3.05) is 12.0 Å². The number of rotatable bonds is 1. The summed E-state index contributed by atoms with van der Waals surface area (Å²) in [7, 11) is 0. The molecule has 1 aromatic rings. The summed E-state index contributed by atoms with van der Waals surface area (Å²) >= 11 is 1.40. The van der Waals surface area contributed by atoms with E-state index in [2.05, 4.69) is 16.4 Å². The van der Waals surface area contributed by atoms with Crippen LogP contribution in [0.15, 0.2) is 23.2 Å². The van der Waals surface area contributed by atoms with Gasteiger partial charge in [-0.05, 0) is 63.1 Å². The van der Waals surface area contributed by atoms with Crippen LogP contribution in [0.5, 0.6) is 0 Å². The van der Waals surface area contributed by atoms with E-state index < -0.39 is 11.7 Å². The van der Waals surface area contributed by atoms with Gasteiger partial charge < -0.3 is 10.5 Å². The minimum absolute atomic E-state index is 0.0379. The number of thioether (sulfide) groups is 1. The predicted molar refractivity (Wildman–Crippen MR) is 92.2 cm³/mol. The van der Waals surface area contributed by atoms with Crippen LogP contribution in [0.3, 0.4) is 0 Å². The highest BCUT2D eigenvalue weighted by Gasteiger charge is 2.23. The number of benzene rings is 1. The SMILES string of the molecule is CSC(=NC1CCc2ccc(N)cc21)NC(=O)OC(C)(C)C.